The van der Waals surface area contributed by atoms with Crippen LogP contribution in [-0.4, -0.2) is 74.9 Å². The van der Waals surface area contributed by atoms with Gasteiger partial charge in [-0.1, -0.05) is 0 Å². The lowest BCUT2D eigenvalue weighted by molar-refractivity contribution is -0.275. The zero-order chi connectivity index (χ0) is 27.1. The van der Waals surface area contributed by atoms with Gasteiger partial charge in [0.05, 0.1) is 17.3 Å². The van der Waals surface area contributed by atoms with Crippen LogP contribution in [0.2, 0.25) is 0 Å². The number of hydrogen-bond donors (Lipinski definition) is 6. The zero-order valence-electron chi connectivity index (χ0n) is 18.9. The summed E-state index contributed by atoms with van der Waals surface area (Å²) < 4.78 is 43.1. The second-order valence-corrected chi connectivity index (χ2v) is 9.18. The van der Waals surface area contributed by atoms with Gasteiger partial charge >= 0.3 is 6.36 Å². The fraction of sp³-hybridized carbons (Fsp3) is 0.409. The Morgan fingerprint density at radius 2 is 1.83 bits per heavy atom. The molecular weight excluding hydrogens is 491 g/mol. The van der Waals surface area contributed by atoms with E-state index in [0.29, 0.717) is 6.07 Å². The van der Waals surface area contributed by atoms with Crippen molar-refractivity contribution >= 4 is 23.2 Å². The number of phenolic OH excluding ortho intramolecular Hbond substituents is 1. The van der Waals surface area contributed by atoms with Crippen molar-refractivity contribution in [3.05, 3.63) is 39.9 Å². The second kappa shape index (κ2) is 7.86. The lowest BCUT2D eigenvalue weighted by atomic mass is 9.58. The summed E-state index contributed by atoms with van der Waals surface area (Å²) in [4.78, 5) is 39.9. The van der Waals surface area contributed by atoms with Gasteiger partial charge in [0.25, 0.3) is 5.91 Å². The minimum absolute atomic E-state index is 0.289. The van der Waals surface area contributed by atoms with E-state index in [0.717, 1.165) is 0 Å². The maximum Gasteiger partial charge on any atom is 0.573 e. The van der Waals surface area contributed by atoms with Gasteiger partial charge < -0.3 is 36.6 Å². The number of carbonyl (C=O) groups excluding carboxylic acids is 3. The van der Waals surface area contributed by atoms with E-state index in [-0.39, 0.29) is 18.4 Å². The normalized spacial score (nSPS) is 28.1. The van der Waals surface area contributed by atoms with E-state index in [2.05, 4.69) is 4.74 Å². The quantitative estimate of drug-likeness (QED) is 0.189. The molecule has 0 aliphatic heterocycles. The minimum atomic E-state index is -5.15. The number of halogens is 3. The molecular formula is C22H22F3N3O8. The number of phenols is 1. The number of hydrogen-bond acceptors (Lipinski definition) is 10. The van der Waals surface area contributed by atoms with Gasteiger partial charge in [0.1, 0.15) is 28.6 Å². The van der Waals surface area contributed by atoms with Gasteiger partial charge in [-0.3, -0.25) is 19.3 Å². The van der Waals surface area contributed by atoms with Crippen LogP contribution < -0.4 is 16.2 Å². The first-order chi connectivity index (χ1) is 16.5. The van der Waals surface area contributed by atoms with E-state index in [1.807, 2.05) is 0 Å². The maximum absolute atomic E-state index is 13.4. The number of alkyl halides is 3. The second-order valence-electron chi connectivity index (χ2n) is 9.18. The van der Waals surface area contributed by atoms with E-state index in [1.54, 1.807) is 0 Å². The summed E-state index contributed by atoms with van der Waals surface area (Å²) in [5.74, 6) is -9.99. The average Bonchev–Trinajstić information content (AvgIpc) is 2.72. The summed E-state index contributed by atoms with van der Waals surface area (Å²) in [7, 11) is 2.90. The SMILES string of the molecule is CN(C)[C@@H]1C(O)=C(C(N)=O)C(=O)[C@@]2(O)C(O)=C3C(=O)c4c(O)c(N)cc(OC(F)(F)F)c4C[C@H]3C[C@@H]12. The summed E-state index contributed by atoms with van der Waals surface area (Å²) in [6.45, 7) is 0. The number of aliphatic hydroxyl groups excluding tert-OH is 2. The van der Waals surface area contributed by atoms with Gasteiger partial charge in [0.15, 0.2) is 11.4 Å². The smallest absolute Gasteiger partial charge is 0.510 e. The molecule has 0 spiro atoms. The van der Waals surface area contributed by atoms with Crippen LogP contribution in [0, 0.1) is 11.8 Å². The van der Waals surface area contributed by atoms with Crippen LogP contribution in [-0.2, 0) is 16.0 Å². The number of likely N-dealkylation sites (N-methyl/N-ethyl adjacent to an activating group) is 1. The van der Waals surface area contributed by atoms with Gasteiger partial charge in [-0.15, -0.1) is 13.2 Å². The molecule has 11 nitrogen and oxygen atoms in total. The molecule has 0 heterocycles. The number of Topliss-reactive ketones (excluding diaryl/α,β-unsaturated/α-hetero) is 2. The molecule has 0 fully saturated rings. The molecule has 194 valence electrons. The fourth-order valence-electron chi connectivity index (χ4n) is 5.52. The van der Waals surface area contributed by atoms with Gasteiger partial charge in [0.2, 0.25) is 5.78 Å². The minimum Gasteiger partial charge on any atom is -0.510 e. The van der Waals surface area contributed by atoms with Crippen LogP contribution in [0.1, 0.15) is 22.3 Å². The number of aliphatic hydroxyl groups is 3. The third kappa shape index (κ3) is 3.39. The number of fused-ring (bicyclic) bond motifs is 3. The molecule has 0 saturated heterocycles. The number of ketones is 2. The number of rotatable bonds is 3. The molecule has 1 aromatic carbocycles. The summed E-state index contributed by atoms with van der Waals surface area (Å²) >= 11 is 0. The van der Waals surface area contributed by atoms with Crippen LogP contribution in [0.15, 0.2) is 28.7 Å². The first-order valence-electron chi connectivity index (χ1n) is 10.6. The molecule has 36 heavy (non-hydrogen) atoms. The Morgan fingerprint density at radius 1 is 1.22 bits per heavy atom. The van der Waals surface area contributed by atoms with Crippen molar-refractivity contribution in [2.75, 3.05) is 19.8 Å². The molecule has 0 bridgehead atoms. The number of anilines is 1. The standard InChI is InChI=1S/C22H22F3N3O8/c1-28(2)14-8-4-6-3-7-10(36-22(23,24)25)5-9(26)15(29)12(7)16(30)11(6)18(32)21(8,35)19(33)13(17(14)31)20(27)34/h5-6,8,14,29,31-32,35H,3-4,26H2,1-2H3,(H2,27,34)/t6-,8-,14-,21-/m0/s1. The van der Waals surface area contributed by atoms with Crippen LogP contribution in [0.3, 0.4) is 0 Å². The zero-order valence-corrected chi connectivity index (χ0v) is 18.9. The molecule has 0 unspecified atom stereocenters. The highest BCUT2D eigenvalue weighted by Gasteiger charge is 2.63. The van der Waals surface area contributed by atoms with E-state index in [1.165, 1.54) is 19.0 Å². The predicted octanol–water partition coefficient (Wildman–Crippen LogP) is 0.601. The number of amides is 1. The van der Waals surface area contributed by atoms with Crippen molar-refractivity contribution in [1.82, 2.24) is 4.90 Å². The number of nitrogen functional groups attached to an aromatic ring is 1. The molecule has 1 aromatic rings. The number of ether oxygens (including phenoxy) is 1. The first-order valence-corrected chi connectivity index (χ1v) is 10.6. The highest BCUT2D eigenvalue weighted by Crippen LogP contribution is 2.54. The van der Waals surface area contributed by atoms with Crippen LogP contribution in [0.5, 0.6) is 11.5 Å². The Hall–Kier alpha value is -3.78. The summed E-state index contributed by atoms with van der Waals surface area (Å²) in [6, 6.07) is -0.524. The number of primary amides is 1. The molecule has 3 aliphatic carbocycles. The molecule has 0 saturated carbocycles. The predicted molar refractivity (Wildman–Crippen MR) is 115 cm³/mol. The van der Waals surface area contributed by atoms with Crippen molar-refractivity contribution in [3.8, 4) is 11.5 Å². The van der Waals surface area contributed by atoms with Crippen molar-refractivity contribution in [2.24, 2.45) is 17.6 Å². The summed E-state index contributed by atoms with van der Waals surface area (Å²) in [6.07, 6.45) is -5.82. The van der Waals surface area contributed by atoms with Crippen molar-refractivity contribution in [2.45, 2.75) is 30.8 Å². The third-order valence-corrected chi connectivity index (χ3v) is 6.94. The van der Waals surface area contributed by atoms with Crippen LogP contribution >= 0.6 is 0 Å². The van der Waals surface area contributed by atoms with E-state index < -0.39 is 92.7 Å². The van der Waals surface area contributed by atoms with Gasteiger partial charge in [-0.25, -0.2) is 0 Å². The van der Waals surface area contributed by atoms with Crippen molar-refractivity contribution in [3.63, 3.8) is 0 Å². The van der Waals surface area contributed by atoms with Crippen LogP contribution in [0.4, 0.5) is 18.9 Å². The topological polar surface area (TPSA) is 197 Å². The number of nitrogens with zero attached hydrogens (tertiary/aromatic N) is 1. The van der Waals surface area contributed by atoms with E-state index >= 15 is 0 Å². The highest BCUT2D eigenvalue weighted by molar-refractivity contribution is 6.25. The molecule has 0 aromatic heterocycles. The lowest BCUT2D eigenvalue weighted by Gasteiger charge is -2.50. The molecule has 14 heteroatoms. The molecule has 3 aliphatic rings. The molecule has 8 N–H and O–H groups in total. The van der Waals surface area contributed by atoms with Gasteiger partial charge in [0, 0.05) is 23.1 Å². The Kier molecular flexibility index (Phi) is 5.53. The molecule has 4 rings (SSSR count). The van der Waals surface area contributed by atoms with Crippen LogP contribution in [0.25, 0.3) is 0 Å². The van der Waals surface area contributed by atoms with E-state index in [9.17, 15) is 48.0 Å². The highest BCUT2D eigenvalue weighted by atomic mass is 19.4. The molecule has 1 amide bonds. The lowest BCUT2D eigenvalue weighted by Crippen LogP contribution is -2.63. The Balaban J connectivity index is 1.97. The maximum atomic E-state index is 13.4. The Bertz CT molecular complexity index is 1290. The van der Waals surface area contributed by atoms with Crippen molar-refractivity contribution < 1.29 is 52.7 Å². The fourth-order valence-corrected chi connectivity index (χ4v) is 5.52. The van der Waals surface area contributed by atoms with Gasteiger partial charge in [-0.05, 0) is 32.9 Å². The molecule has 0 radical (unpaired) electrons. The number of benzene rings is 1. The first kappa shape index (κ1) is 25.3. The average molecular weight is 513 g/mol. The van der Waals surface area contributed by atoms with Gasteiger partial charge in [-0.2, -0.15) is 0 Å². The number of aromatic hydroxyl groups is 1. The van der Waals surface area contributed by atoms with Crippen molar-refractivity contribution in [1.29, 1.82) is 0 Å². The summed E-state index contributed by atoms with van der Waals surface area (Å²) in [5.41, 5.74) is 4.80. The summed E-state index contributed by atoms with van der Waals surface area (Å²) in [5, 5.41) is 43.7. The number of allylic oxidation sites excluding steroid dienone is 1. The number of carbonyl (C=O) groups is 3. The monoisotopic (exact) mass is 513 g/mol. The Morgan fingerprint density at radius 3 is 2.36 bits per heavy atom. The third-order valence-electron chi connectivity index (χ3n) is 6.94. The Labute approximate surface area is 201 Å². The molecule has 4 atom stereocenters. The van der Waals surface area contributed by atoms with E-state index in [4.69, 9.17) is 11.5 Å². The number of nitrogens with two attached hydrogens (primary N) is 2. The largest absolute Gasteiger partial charge is 0.573 e.